The molecule has 2 aliphatic heterocycles. The zero-order valence-corrected chi connectivity index (χ0v) is 23.0. The van der Waals surface area contributed by atoms with Gasteiger partial charge in [-0.25, -0.2) is 0 Å². The monoisotopic (exact) mass is 572 g/mol. The molecule has 3 nitrogen and oxygen atoms in total. The summed E-state index contributed by atoms with van der Waals surface area (Å²) in [4.78, 5) is 17.2. The summed E-state index contributed by atoms with van der Waals surface area (Å²) in [6.07, 6.45) is 7.92. The number of benzene rings is 2. The van der Waals surface area contributed by atoms with Gasteiger partial charge < -0.3 is 9.80 Å². The first-order chi connectivity index (χ1) is 15.8. The lowest BCUT2D eigenvalue weighted by molar-refractivity contribution is -0.124. The van der Waals surface area contributed by atoms with Crippen LogP contribution in [0.5, 0.6) is 0 Å². The highest BCUT2D eigenvalue weighted by atomic mass is 79.9. The number of aryl methyl sites for hydroxylation is 1. The van der Waals surface area contributed by atoms with Gasteiger partial charge >= 0.3 is 0 Å². The highest BCUT2D eigenvalue weighted by Crippen LogP contribution is 2.47. The number of piperidine rings is 2. The quantitative estimate of drug-likeness (QED) is 0.392. The number of carbonyl (C=O) groups excluding carboxylic acids is 1. The van der Waals surface area contributed by atoms with E-state index in [0.717, 1.165) is 30.4 Å². The van der Waals surface area contributed by atoms with Crippen LogP contribution in [0.3, 0.4) is 0 Å². The van der Waals surface area contributed by atoms with Gasteiger partial charge in [0.05, 0.1) is 5.41 Å². The van der Waals surface area contributed by atoms with Gasteiger partial charge in [-0.3, -0.25) is 4.79 Å². The Morgan fingerprint density at radius 1 is 0.727 bits per heavy atom. The van der Waals surface area contributed by atoms with Crippen molar-refractivity contribution >= 4 is 37.6 Å². The van der Waals surface area contributed by atoms with Crippen molar-refractivity contribution in [3.63, 3.8) is 0 Å². The number of halogens is 2. The normalized spacial score (nSPS) is 23.3. The molecule has 2 fully saturated rings. The minimum atomic E-state index is -0.164. The standard InChI is InChI=1S/C14H16BrNO.C14H18BrN/c1-16-6-4-14(5-7-16)12-3-2-11(15)8-10(12)9-13(14)17;1-16-8-6-14(7-9-16)5-4-11-10-12(15)2-3-13(11)14/h2-3,8H,4-7,9H2,1H3;2-3,10H,4-9H2,1H3. The molecule has 0 N–H and O–H groups in total. The summed E-state index contributed by atoms with van der Waals surface area (Å²) >= 11 is 7.07. The SMILES string of the molecule is CN1CCC2(CC1)C(=O)Cc1cc(Br)ccc12.CN1CCC2(CCc3cc(Br)ccc32)CC1. The number of ketones is 1. The van der Waals surface area contributed by atoms with E-state index in [1.54, 1.807) is 11.1 Å². The van der Waals surface area contributed by atoms with Gasteiger partial charge in [-0.1, -0.05) is 44.0 Å². The second-order valence-corrected chi connectivity index (χ2v) is 12.5. The number of hydrogen-bond donors (Lipinski definition) is 0. The molecule has 0 radical (unpaired) electrons. The molecule has 0 bridgehead atoms. The largest absolute Gasteiger partial charge is 0.306 e. The lowest BCUT2D eigenvalue weighted by Crippen LogP contribution is -2.44. The molecule has 0 atom stereocenters. The lowest BCUT2D eigenvalue weighted by Gasteiger charge is -2.38. The van der Waals surface area contributed by atoms with Crippen molar-refractivity contribution < 1.29 is 4.79 Å². The maximum Gasteiger partial charge on any atom is 0.147 e. The van der Waals surface area contributed by atoms with Crippen LogP contribution in [0.25, 0.3) is 0 Å². The van der Waals surface area contributed by atoms with Crippen LogP contribution in [0.4, 0.5) is 0 Å². The minimum Gasteiger partial charge on any atom is -0.306 e. The van der Waals surface area contributed by atoms with E-state index in [2.05, 4.69) is 92.2 Å². The molecule has 176 valence electrons. The molecule has 0 unspecified atom stereocenters. The molecule has 6 rings (SSSR count). The van der Waals surface area contributed by atoms with Gasteiger partial charge in [-0.05, 0) is 131 Å². The molecular weight excluding hydrogens is 540 g/mol. The van der Waals surface area contributed by atoms with Crippen molar-refractivity contribution in [1.82, 2.24) is 9.80 Å². The van der Waals surface area contributed by atoms with Gasteiger partial charge in [0, 0.05) is 15.4 Å². The van der Waals surface area contributed by atoms with Crippen LogP contribution >= 0.6 is 31.9 Å². The van der Waals surface area contributed by atoms with Crippen LogP contribution in [0.1, 0.15) is 54.4 Å². The molecule has 0 saturated carbocycles. The molecule has 2 aromatic carbocycles. The highest BCUT2D eigenvalue weighted by molar-refractivity contribution is 9.10. The zero-order valence-electron chi connectivity index (χ0n) is 19.8. The summed E-state index contributed by atoms with van der Waals surface area (Å²) in [6, 6.07) is 13.2. The third-order valence-electron chi connectivity index (χ3n) is 8.76. The van der Waals surface area contributed by atoms with Crippen LogP contribution in [0.15, 0.2) is 45.3 Å². The average Bonchev–Trinajstić information content (AvgIpc) is 3.27. The smallest absolute Gasteiger partial charge is 0.147 e. The van der Waals surface area contributed by atoms with Crippen LogP contribution in [-0.2, 0) is 28.5 Å². The molecule has 2 saturated heterocycles. The van der Waals surface area contributed by atoms with E-state index >= 15 is 0 Å². The van der Waals surface area contributed by atoms with Gasteiger partial charge in [-0.15, -0.1) is 0 Å². The molecule has 2 spiro atoms. The molecule has 2 aliphatic carbocycles. The fourth-order valence-electron chi connectivity index (χ4n) is 6.58. The Morgan fingerprint density at radius 3 is 1.91 bits per heavy atom. The first kappa shape index (κ1) is 23.7. The number of hydrogen-bond acceptors (Lipinski definition) is 3. The minimum absolute atomic E-state index is 0.164. The zero-order chi connectivity index (χ0) is 23.2. The van der Waals surface area contributed by atoms with Crippen molar-refractivity contribution in [3.8, 4) is 0 Å². The number of nitrogens with zero attached hydrogens (tertiary/aromatic N) is 2. The summed E-state index contributed by atoms with van der Waals surface area (Å²) in [5, 5.41) is 0. The Morgan fingerprint density at radius 2 is 1.27 bits per heavy atom. The first-order valence-corrected chi connectivity index (χ1v) is 13.9. The summed E-state index contributed by atoms with van der Waals surface area (Å²) in [5.74, 6) is 0.429. The van der Waals surface area contributed by atoms with E-state index < -0.39 is 0 Å². The van der Waals surface area contributed by atoms with Crippen molar-refractivity contribution in [2.24, 2.45) is 0 Å². The lowest BCUT2D eigenvalue weighted by atomic mass is 9.73. The molecule has 4 aliphatic rings. The van der Waals surface area contributed by atoms with Crippen LogP contribution in [-0.4, -0.2) is 55.9 Å². The summed E-state index contributed by atoms with van der Waals surface area (Å²) in [7, 11) is 4.37. The van der Waals surface area contributed by atoms with E-state index in [1.165, 1.54) is 54.4 Å². The second-order valence-electron chi connectivity index (χ2n) is 10.7. The number of carbonyl (C=O) groups is 1. The summed E-state index contributed by atoms with van der Waals surface area (Å²) in [5.41, 5.74) is 6.10. The Hall–Kier alpha value is -1.01. The third-order valence-corrected chi connectivity index (χ3v) is 9.75. The topological polar surface area (TPSA) is 23.6 Å². The van der Waals surface area contributed by atoms with Crippen molar-refractivity contribution in [1.29, 1.82) is 0 Å². The molecule has 2 aromatic rings. The van der Waals surface area contributed by atoms with Crippen LogP contribution < -0.4 is 0 Å². The third kappa shape index (κ3) is 4.39. The molecule has 0 amide bonds. The fraction of sp³-hybridized carbons (Fsp3) is 0.536. The number of likely N-dealkylation sites (tertiary alicyclic amines) is 2. The van der Waals surface area contributed by atoms with Crippen molar-refractivity contribution in [2.75, 3.05) is 40.3 Å². The van der Waals surface area contributed by atoms with E-state index in [1.807, 2.05) is 0 Å². The summed E-state index contributed by atoms with van der Waals surface area (Å²) in [6.45, 7) is 4.58. The van der Waals surface area contributed by atoms with Crippen LogP contribution in [0.2, 0.25) is 0 Å². The Labute approximate surface area is 215 Å². The fourth-order valence-corrected chi connectivity index (χ4v) is 7.39. The second kappa shape index (κ2) is 9.22. The maximum atomic E-state index is 12.4. The first-order valence-electron chi connectivity index (χ1n) is 12.3. The molecule has 0 aromatic heterocycles. The molecule has 2 heterocycles. The predicted octanol–water partition coefficient (Wildman–Crippen LogP) is 5.90. The average molecular weight is 574 g/mol. The number of Topliss-reactive ketones (excluding diaryl/α,β-unsaturated/α-hetero) is 1. The highest BCUT2D eigenvalue weighted by Gasteiger charge is 2.47. The Balaban J connectivity index is 0.000000139. The van der Waals surface area contributed by atoms with Gasteiger partial charge in [0.15, 0.2) is 0 Å². The Kier molecular flexibility index (Phi) is 6.63. The number of fused-ring (bicyclic) bond motifs is 4. The van der Waals surface area contributed by atoms with E-state index in [-0.39, 0.29) is 5.41 Å². The van der Waals surface area contributed by atoms with Crippen molar-refractivity contribution in [3.05, 3.63) is 67.6 Å². The number of rotatable bonds is 0. The van der Waals surface area contributed by atoms with Gasteiger partial charge in [0.2, 0.25) is 0 Å². The molecule has 5 heteroatoms. The summed E-state index contributed by atoms with van der Waals surface area (Å²) < 4.78 is 2.31. The van der Waals surface area contributed by atoms with E-state index in [9.17, 15) is 4.79 Å². The van der Waals surface area contributed by atoms with E-state index in [4.69, 9.17) is 0 Å². The molecular formula is C28H34Br2N2O. The molecule has 33 heavy (non-hydrogen) atoms. The van der Waals surface area contributed by atoms with E-state index in [0.29, 0.717) is 17.6 Å². The maximum absolute atomic E-state index is 12.4. The Bertz CT molecular complexity index is 1050. The van der Waals surface area contributed by atoms with Gasteiger partial charge in [0.1, 0.15) is 5.78 Å². The predicted molar refractivity (Wildman–Crippen MR) is 142 cm³/mol. The van der Waals surface area contributed by atoms with Crippen molar-refractivity contribution in [2.45, 2.75) is 55.8 Å². The van der Waals surface area contributed by atoms with Crippen LogP contribution in [0, 0.1) is 0 Å². The van der Waals surface area contributed by atoms with Gasteiger partial charge in [-0.2, -0.15) is 0 Å². The van der Waals surface area contributed by atoms with Gasteiger partial charge in [0.25, 0.3) is 0 Å².